The van der Waals surface area contributed by atoms with Crippen LogP contribution in [0.2, 0.25) is 0 Å². The Morgan fingerprint density at radius 2 is 2.47 bits per heavy atom. The Hall–Kier alpha value is -1.91. The van der Waals surface area contributed by atoms with Gasteiger partial charge in [-0.15, -0.1) is 10.2 Å². The summed E-state index contributed by atoms with van der Waals surface area (Å²) in [6.07, 6.45) is 3.58. The van der Waals surface area contributed by atoms with Gasteiger partial charge < -0.3 is 5.11 Å². The molecule has 0 saturated heterocycles. The van der Waals surface area contributed by atoms with Crippen molar-refractivity contribution in [3.05, 3.63) is 30.2 Å². The summed E-state index contributed by atoms with van der Waals surface area (Å²) >= 11 is 0. The predicted octanol–water partition coefficient (Wildman–Crippen LogP) is 1.31. The van der Waals surface area contributed by atoms with Crippen molar-refractivity contribution in [3.63, 3.8) is 0 Å². The van der Waals surface area contributed by atoms with Crippen molar-refractivity contribution in [3.8, 4) is 0 Å². The fourth-order valence-corrected chi connectivity index (χ4v) is 1.52. The zero-order chi connectivity index (χ0) is 10.8. The molecule has 1 atom stereocenters. The van der Waals surface area contributed by atoms with E-state index < -0.39 is 5.97 Å². The van der Waals surface area contributed by atoms with Crippen molar-refractivity contribution in [2.24, 2.45) is 0 Å². The van der Waals surface area contributed by atoms with Crippen LogP contribution < -0.4 is 0 Å². The molecule has 2 aromatic heterocycles. The fraction of sp³-hybridized carbons (Fsp3) is 0.300. The molecule has 2 heterocycles. The Morgan fingerprint density at radius 3 is 3.20 bits per heavy atom. The van der Waals surface area contributed by atoms with Crippen LogP contribution in [0.25, 0.3) is 5.65 Å². The first-order valence-corrected chi connectivity index (χ1v) is 4.68. The number of hydrogen-bond acceptors (Lipinski definition) is 3. The minimum atomic E-state index is -0.788. The predicted molar refractivity (Wildman–Crippen MR) is 53.7 cm³/mol. The molecule has 0 aliphatic heterocycles. The minimum Gasteiger partial charge on any atom is -0.481 e. The first-order valence-electron chi connectivity index (χ1n) is 4.68. The Labute approximate surface area is 86.4 Å². The van der Waals surface area contributed by atoms with Crippen LogP contribution in [0.5, 0.6) is 0 Å². The third-order valence-electron chi connectivity index (χ3n) is 2.37. The molecule has 5 nitrogen and oxygen atoms in total. The molecule has 15 heavy (non-hydrogen) atoms. The summed E-state index contributed by atoms with van der Waals surface area (Å²) in [5.74, 6) is -0.798. The second-order valence-electron chi connectivity index (χ2n) is 3.56. The molecule has 1 unspecified atom stereocenters. The normalized spacial score (nSPS) is 12.9. The van der Waals surface area contributed by atoms with E-state index in [4.69, 9.17) is 5.11 Å². The number of aromatic nitrogens is 3. The summed E-state index contributed by atoms with van der Waals surface area (Å²) in [6, 6.07) is 3.75. The topological polar surface area (TPSA) is 67.5 Å². The molecule has 0 fully saturated rings. The molecule has 0 amide bonds. The summed E-state index contributed by atoms with van der Waals surface area (Å²) in [4.78, 5) is 10.6. The van der Waals surface area contributed by atoms with Gasteiger partial charge in [0, 0.05) is 6.20 Å². The minimum absolute atomic E-state index is 0.0100. The van der Waals surface area contributed by atoms with Gasteiger partial charge in [-0.3, -0.25) is 9.20 Å². The number of hydrogen-bond donors (Lipinski definition) is 1. The van der Waals surface area contributed by atoms with Gasteiger partial charge in [-0.1, -0.05) is 6.92 Å². The maximum Gasteiger partial charge on any atom is 0.303 e. The van der Waals surface area contributed by atoms with Crippen LogP contribution >= 0.6 is 0 Å². The number of carbonyl (C=O) groups is 1. The molecule has 5 heteroatoms. The van der Waals surface area contributed by atoms with Gasteiger partial charge in [0.1, 0.15) is 6.33 Å². The quantitative estimate of drug-likeness (QED) is 0.820. The lowest BCUT2D eigenvalue weighted by Crippen LogP contribution is -2.03. The third kappa shape index (κ3) is 1.96. The van der Waals surface area contributed by atoms with Gasteiger partial charge in [0.15, 0.2) is 5.65 Å². The SMILES string of the molecule is CC(CC(=O)O)c1ccn2cnnc2c1. The van der Waals surface area contributed by atoms with Crippen LogP contribution in [-0.2, 0) is 4.79 Å². The van der Waals surface area contributed by atoms with Gasteiger partial charge in [0.25, 0.3) is 0 Å². The maximum atomic E-state index is 10.6. The Morgan fingerprint density at radius 1 is 1.67 bits per heavy atom. The van der Waals surface area contributed by atoms with Gasteiger partial charge in [-0.25, -0.2) is 0 Å². The summed E-state index contributed by atoms with van der Waals surface area (Å²) < 4.78 is 1.79. The monoisotopic (exact) mass is 205 g/mol. The highest BCUT2D eigenvalue weighted by molar-refractivity contribution is 5.68. The zero-order valence-corrected chi connectivity index (χ0v) is 8.29. The highest BCUT2D eigenvalue weighted by atomic mass is 16.4. The average molecular weight is 205 g/mol. The fourth-order valence-electron chi connectivity index (χ4n) is 1.52. The standard InChI is InChI=1S/C10H11N3O2/c1-7(4-10(14)15)8-2-3-13-6-11-12-9(13)5-8/h2-3,5-7H,4H2,1H3,(H,14,15). The highest BCUT2D eigenvalue weighted by Crippen LogP contribution is 2.19. The molecule has 2 aromatic rings. The average Bonchev–Trinajstić information content (AvgIpc) is 2.62. The molecule has 1 N–H and O–H groups in total. The second-order valence-corrected chi connectivity index (χ2v) is 3.56. The number of nitrogens with zero attached hydrogens (tertiary/aromatic N) is 3. The van der Waals surface area contributed by atoms with E-state index >= 15 is 0 Å². The lowest BCUT2D eigenvalue weighted by Gasteiger charge is -2.08. The van der Waals surface area contributed by atoms with Crippen molar-refractivity contribution >= 4 is 11.6 Å². The number of rotatable bonds is 3. The van der Waals surface area contributed by atoms with E-state index in [1.165, 1.54) is 0 Å². The largest absolute Gasteiger partial charge is 0.481 e. The van der Waals surface area contributed by atoms with Crippen LogP contribution in [-0.4, -0.2) is 25.7 Å². The molecule has 0 spiro atoms. The van der Waals surface area contributed by atoms with Crippen LogP contribution in [0, 0.1) is 0 Å². The number of aliphatic carboxylic acids is 1. The molecule has 0 aromatic carbocycles. The van der Waals surface area contributed by atoms with Gasteiger partial charge in [-0.2, -0.15) is 0 Å². The Kier molecular flexibility index (Phi) is 2.37. The van der Waals surface area contributed by atoms with Gasteiger partial charge in [0.2, 0.25) is 0 Å². The lowest BCUT2D eigenvalue weighted by atomic mass is 9.99. The van der Waals surface area contributed by atoms with E-state index in [0.717, 1.165) is 11.2 Å². The Bertz CT molecular complexity index is 492. The third-order valence-corrected chi connectivity index (χ3v) is 2.37. The van der Waals surface area contributed by atoms with E-state index in [1.54, 1.807) is 10.7 Å². The number of carboxylic acids is 1. The van der Waals surface area contributed by atoms with Crippen molar-refractivity contribution < 1.29 is 9.90 Å². The summed E-state index contributed by atoms with van der Waals surface area (Å²) in [7, 11) is 0. The van der Waals surface area contributed by atoms with Gasteiger partial charge >= 0.3 is 5.97 Å². The Balaban J connectivity index is 2.30. The summed E-state index contributed by atoms with van der Waals surface area (Å²) in [6.45, 7) is 1.89. The van der Waals surface area contributed by atoms with E-state index in [2.05, 4.69) is 10.2 Å². The van der Waals surface area contributed by atoms with Crippen molar-refractivity contribution in [2.45, 2.75) is 19.3 Å². The molecule has 0 aliphatic rings. The smallest absolute Gasteiger partial charge is 0.303 e. The first-order chi connectivity index (χ1) is 7.16. The molecular weight excluding hydrogens is 194 g/mol. The number of pyridine rings is 1. The number of carboxylic acid groups (broad SMARTS) is 1. The van der Waals surface area contributed by atoms with Gasteiger partial charge in [-0.05, 0) is 23.6 Å². The van der Waals surface area contributed by atoms with Crippen molar-refractivity contribution in [1.82, 2.24) is 14.6 Å². The first kappa shape index (κ1) is 9.64. The lowest BCUT2D eigenvalue weighted by molar-refractivity contribution is -0.137. The van der Waals surface area contributed by atoms with Gasteiger partial charge in [0.05, 0.1) is 6.42 Å². The van der Waals surface area contributed by atoms with Crippen molar-refractivity contribution in [2.75, 3.05) is 0 Å². The molecule has 2 rings (SSSR count). The van der Waals surface area contributed by atoms with Crippen LogP contribution in [0.4, 0.5) is 0 Å². The van der Waals surface area contributed by atoms with Crippen LogP contribution in [0.15, 0.2) is 24.7 Å². The van der Waals surface area contributed by atoms with Crippen LogP contribution in [0.1, 0.15) is 24.8 Å². The molecule has 78 valence electrons. The summed E-state index contributed by atoms with van der Waals surface area (Å²) in [5, 5.41) is 16.4. The number of fused-ring (bicyclic) bond motifs is 1. The molecule has 0 aliphatic carbocycles. The maximum absolute atomic E-state index is 10.6. The highest BCUT2D eigenvalue weighted by Gasteiger charge is 2.10. The van der Waals surface area contributed by atoms with E-state index in [-0.39, 0.29) is 12.3 Å². The van der Waals surface area contributed by atoms with Crippen molar-refractivity contribution in [1.29, 1.82) is 0 Å². The second kappa shape index (κ2) is 3.68. The van der Waals surface area contributed by atoms with Crippen LogP contribution in [0.3, 0.4) is 0 Å². The molecule has 0 saturated carbocycles. The van der Waals surface area contributed by atoms with E-state index in [0.29, 0.717) is 0 Å². The zero-order valence-electron chi connectivity index (χ0n) is 8.29. The summed E-state index contributed by atoms with van der Waals surface area (Å²) in [5.41, 5.74) is 1.71. The molecule has 0 bridgehead atoms. The van der Waals surface area contributed by atoms with E-state index in [9.17, 15) is 4.79 Å². The molecule has 0 radical (unpaired) electrons. The van der Waals surface area contributed by atoms with E-state index in [1.807, 2.05) is 25.3 Å². The molecular formula is C10H11N3O2.